The average Bonchev–Trinajstić information content (AvgIpc) is 3.26. The van der Waals surface area contributed by atoms with Gasteiger partial charge in [0.15, 0.2) is 12.0 Å². The highest BCUT2D eigenvalue weighted by molar-refractivity contribution is 9.10. The third kappa shape index (κ3) is 3.62. The van der Waals surface area contributed by atoms with E-state index >= 15 is 0 Å². The molecule has 0 saturated heterocycles. The molecule has 0 radical (unpaired) electrons. The molecule has 1 amide bonds. The van der Waals surface area contributed by atoms with E-state index < -0.39 is 4.92 Å². The zero-order valence-electron chi connectivity index (χ0n) is 14.9. The molecule has 2 aromatic carbocycles. The first-order valence-electron chi connectivity index (χ1n) is 8.58. The lowest BCUT2D eigenvalue weighted by molar-refractivity contribution is -0.384. The number of furan rings is 1. The maximum Gasteiger partial charge on any atom is 0.270 e. The normalized spacial score (nSPS) is 14.3. The Kier molecular flexibility index (Phi) is 4.85. The lowest BCUT2D eigenvalue weighted by Crippen LogP contribution is -2.25. The Morgan fingerprint density at radius 2 is 1.97 bits per heavy atom. The zero-order valence-corrected chi connectivity index (χ0v) is 16.5. The second kappa shape index (κ2) is 7.48. The number of carbonyl (C=O) groups is 2. The number of fused-ring (bicyclic) bond motifs is 1. The Morgan fingerprint density at radius 1 is 1.14 bits per heavy atom. The number of nitro groups is 1. The summed E-state index contributed by atoms with van der Waals surface area (Å²) in [5.41, 5.74) is 2.32. The molecule has 0 fully saturated rings. The number of nitrogens with zero attached hydrogens (tertiary/aromatic N) is 2. The number of non-ortho nitro benzene ring substituents is 1. The minimum absolute atomic E-state index is 0.0481. The summed E-state index contributed by atoms with van der Waals surface area (Å²) in [4.78, 5) is 36.2. The first-order chi connectivity index (χ1) is 14.0. The van der Waals surface area contributed by atoms with E-state index in [1.54, 1.807) is 35.2 Å². The van der Waals surface area contributed by atoms with E-state index in [0.29, 0.717) is 34.4 Å². The fraction of sp³-hybridized carbons (Fsp3) is 0.0476. The van der Waals surface area contributed by atoms with Gasteiger partial charge in [-0.15, -0.1) is 0 Å². The molecule has 8 heteroatoms. The summed E-state index contributed by atoms with van der Waals surface area (Å²) in [5.74, 6) is 0.412. The number of halogens is 1. The minimum atomic E-state index is -0.475. The molecule has 7 nitrogen and oxygen atoms in total. The van der Waals surface area contributed by atoms with E-state index in [-0.39, 0.29) is 23.9 Å². The topological polar surface area (TPSA) is 93.7 Å². The molecule has 1 aliphatic heterocycles. The van der Waals surface area contributed by atoms with E-state index in [4.69, 9.17) is 4.42 Å². The third-order valence-electron chi connectivity index (χ3n) is 4.52. The van der Waals surface area contributed by atoms with Gasteiger partial charge in [-0.2, -0.15) is 0 Å². The number of rotatable bonds is 5. The van der Waals surface area contributed by atoms with Gasteiger partial charge in [0.25, 0.3) is 11.6 Å². The van der Waals surface area contributed by atoms with Crippen molar-refractivity contribution in [2.24, 2.45) is 0 Å². The van der Waals surface area contributed by atoms with Gasteiger partial charge in [0.1, 0.15) is 5.76 Å². The van der Waals surface area contributed by atoms with Crippen LogP contribution in [0.15, 0.2) is 63.5 Å². The van der Waals surface area contributed by atoms with E-state index in [2.05, 4.69) is 15.9 Å². The molecule has 0 bridgehead atoms. The van der Waals surface area contributed by atoms with Crippen LogP contribution in [0.25, 0.3) is 11.6 Å². The van der Waals surface area contributed by atoms with Crippen LogP contribution in [0.3, 0.4) is 0 Å². The smallest absolute Gasteiger partial charge is 0.270 e. The van der Waals surface area contributed by atoms with E-state index in [9.17, 15) is 19.7 Å². The monoisotopic (exact) mass is 452 g/mol. The summed E-state index contributed by atoms with van der Waals surface area (Å²) in [6.07, 6.45) is 2.24. The van der Waals surface area contributed by atoms with E-state index in [0.717, 1.165) is 4.47 Å². The molecular formula is C21H13BrN2O5. The molecule has 29 heavy (non-hydrogen) atoms. The van der Waals surface area contributed by atoms with Crippen molar-refractivity contribution in [3.8, 4) is 0 Å². The van der Waals surface area contributed by atoms with Crippen LogP contribution < -0.4 is 4.90 Å². The fourth-order valence-electron chi connectivity index (χ4n) is 3.22. The third-order valence-corrected chi connectivity index (χ3v) is 5.01. The predicted molar refractivity (Wildman–Crippen MR) is 110 cm³/mol. The number of anilines is 1. The highest BCUT2D eigenvalue weighted by atomic mass is 79.9. The van der Waals surface area contributed by atoms with Crippen LogP contribution in [0.2, 0.25) is 0 Å². The average molecular weight is 453 g/mol. The van der Waals surface area contributed by atoms with Gasteiger partial charge >= 0.3 is 0 Å². The van der Waals surface area contributed by atoms with Crippen LogP contribution in [0, 0.1) is 10.1 Å². The molecule has 2 heterocycles. The largest absolute Gasteiger partial charge is 0.456 e. The summed E-state index contributed by atoms with van der Waals surface area (Å²) in [6, 6.07) is 14.8. The number of hydrogen-bond acceptors (Lipinski definition) is 5. The Labute approximate surface area is 173 Å². The molecule has 1 aliphatic rings. The van der Waals surface area contributed by atoms with Gasteiger partial charge in [0, 0.05) is 27.7 Å². The molecule has 144 valence electrons. The summed E-state index contributed by atoms with van der Waals surface area (Å²) >= 11 is 3.42. The summed E-state index contributed by atoms with van der Waals surface area (Å²) in [6.45, 7) is 0.160. The first kappa shape index (κ1) is 18.8. The van der Waals surface area contributed by atoms with Gasteiger partial charge < -0.3 is 9.32 Å². The number of benzene rings is 2. The van der Waals surface area contributed by atoms with Gasteiger partial charge in [-0.05, 0) is 42.0 Å². The summed E-state index contributed by atoms with van der Waals surface area (Å²) in [7, 11) is 0. The maximum atomic E-state index is 13.2. The van der Waals surface area contributed by atoms with Crippen LogP contribution in [-0.2, 0) is 11.3 Å². The van der Waals surface area contributed by atoms with Crippen LogP contribution in [0.1, 0.15) is 27.4 Å². The van der Waals surface area contributed by atoms with E-state index in [1.807, 2.05) is 18.2 Å². The molecule has 0 spiro atoms. The molecule has 0 unspecified atom stereocenters. The van der Waals surface area contributed by atoms with Crippen LogP contribution >= 0.6 is 15.9 Å². The fourth-order valence-corrected chi connectivity index (χ4v) is 3.58. The Hall–Kier alpha value is -3.52. The standard InChI is InChI=1S/C21H13BrN2O5/c22-14-4-7-20-18(10-14)19(9-13-2-1-3-15(8-13)24(27)28)21(26)23(20)11-16-5-6-17(12-25)29-16/h1-10,12H,11H2. The second-order valence-electron chi connectivity index (χ2n) is 6.38. The first-order valence-corrected chi connectivity index (χ1v) is 9.37. The quantitative estimate of drug-likeness (QED) is 0.238. The Balaban J connectivity index is 1.76. The lowest BCUT2D eigenvalue weighted by atomic mass is 10.0. The number of carbonyl (C=O) groups excluding carboxylic acids is 2. The molecule has 1 aromatic heterocycles. The molecule has 3 aromatic rings. The summed E-state index contributed by atoms with van der Waals surface area (Å²) < 4.78 is 6.21. The lowest BCUT2D eigenvalue weighted by Gasteiger charge is -2.15. The van der Waals surface area contributed by atoms with Crippen molar-refractivity contribution in [1.82, 2.24) is 0 Å². The van der Waals surface area contributed by atoms with Gasteiger partial charge in [-0.25, -0.2) is 0 Å². The maximum absolute atomic E-state index is 13.2. The Morgan fingerprint density at radius 3 is 2.69 bits per heavy atom. The van der Waals surface area contributed by atoms with E-state index in [1.165, 1.54) is 12.1 Å². The van der Waals surface area contributed by atoms with Crippen LogP contribution in [0.4, 0.5) is 11.4 Å². The number of amides is 1. The van der Waals surface area contributed by atoms with Crippen molar-refractivity contribution in [3.63, 3.8) is 0 Å². The highest BCUT2D eigenvalue weighted by Gasteiger charge is 2.33. The zero-order chi connectivity index (χ0) is 20.5. The number of nitro benzene ring substituents is 1. The number of hydrogen-bond donors (Lipinski definition) is 0. The Bertz CT molecular complexity index is 1180. The van der Waals surface area contributed by atoms with Gasteiger partial charge in [-0.3, -0.25) is 19.7 Å². The SMILES string of the molecule is O=Cc1ccc(CN2C(=O)C(=Cc3cccc([N+](=O)[O-])c3)c3cc(Br)ccc32)o1. The molecule has 0 N–H and O–H groups in total. The molecule has 4 rings (SSSR count). The van der Waals surface area contributed by atoms with Gasteiger partial charge in [-0.1, -0.05) is 28.1 Å². The second-order valence-corrected chi connectivity index (χ2v) is 7.30. The number of aldehydes is 1. The van der Waals surface area contributed by atoms with Crippen molar-refractivity contribution < 1.29 is 18.9 Å². The molecule has 0 saturated carbocycles. The summed E-state index contributed by atoms with van der Waals surface area (Å²) in [5, 5.41) is 11.0. The molecule has 0 atom stereocenters. The van der Waals surface area contributed by atoms with Crippen LogP contribution in [-0.4, -0.2) is 17.1 Å². The van der Waals surface area contributed by atoms with Gasteiger partial charge in [0.2, 0.25) is 0 Å². The minimum Gasteiger partial charge on any atom is -0.456 e. The predicted octanol–water partition coefficient (Wildman–Crippen LogP) is 4.85. The molecular weight excluding hydrogens is 440 g/mol. The van der Waals surface area contributed by atoms with Crippen molar-refractivity contribution in [3.05, 3.63) is 91.8 Å². The molecule has 0 aliphatic carbocycles. The highest BCUT2D eigenvalue weighted by Crippen LogP contribution is 2.40. The van der Waals surface area contributed by atoms with Gasteiger partial charge in [0.05, 0.1) is 17.2 Å². The van der Waals surface area contributed by atoms with Crippen molar-refractivity contribution >= 4 is 51.1 Å². The van der Waals surface area contributed by atoms with Crippen LogP contribution in [0.5, 0.6) is 0 Å². The van der Waals surface area contributed by atoms with Crippen molar-refractivity contribution in [2.75, 3.05) is 4.90 Å². The van der Waals surface area contributed by atoms with Crippen molar-refractivity contribution in [2.45, 2.75) is 6.54 Å². The van der Waals surface area contributed by atoms with Crippen molar-refractivity contribution in [1.29, 1.82) is 0 Å².